The summed E-state index contributed by atoms with van der Waals surface area (Å²) in [6.07, 6.45) is 1.99. The zero-order valence-corrected chi connectivity index (χ0v) is 18.7. The van der Waals surface area contributed by atoms with Crippen LogP contribution in [-0.4, -0.2) is 39.6 Å². The summed E-state index contributed by atoms with van der Waals surface area (Å²) in [5.41, 5.74) is 1.72. The molecule has 1 fully saturated rings. The number of rotatable bonds is 5. The lowest BCUT2D eigenvalue weighted by Gasteiger charge is -2.20. The molecule has 1 saturated heterocycles. The van der Waals surface area contributed by atoms with E-state index in [0.29, 0.717) is 28.6 Å². The van der Waals surface area contributed by atoms with Gasteiger partial charge in [0.15, 0.2) is 5.69 Å². The van der Waals surface area contributed by atoms with Gasteiger partial charge in [0.1, 0.15) is 0 Å². The van der Waals surface area contributed by atoms with Crippen molar-refractivity contribution in [3.8, 4) is 0 Å². The summed E-state index contributed by atoms with van der Waals surface area (Å²) in [5, 5.41) is 8.25. The van der Waals surface area contributed by atoms with Crippen molar-refractivity contribution < 1.29 is 9.59 Å². The van der Waals surface area contributed by atoms with E-state index in [-0.39, 0.29) is 23.1 Å². The van der Waals surface area contributed by atoms with Crippen molar-refractivity contribution in [3.63, 3.8) is 0 Å². The van der Waals surface area contributed by atoms with Crippen molar-refractivity contribution >= 4 is 28.3 Å². The van der Waals surface area contributed by atoms with Gasteiger partial charge >= 0.3 is 0 Å². The van der Waals surface area contributed by atoms with Crippen LogP contribution in [0.2, 0.25) is 0 Å². The number of likely N-dealkylation sites (tertiary alicyclic amines) is 1. The van der Waals surface area contributed by atoms with Crippen LogP contribution >= 0.6 is 0 Å². The quantitative estimate of drug-likeness (QED) is 0.664. The first-order chi connectivity index (χ1) is 15.4. The van der Waals surface area contributed by atoms with E-state index in [1.54, 1.807) is 30.3 Å². The van der Waals surface area contributed by atoms with Crippen LogP contribution in [0.25, 0.3) is 10.8 Å². The molecule has 166 valence electrons. The molecule has 2 aromatic carbocycles. The summed E-state index contributed by atoms with van der Waals surface area (Å²) in [6.45, 7) is 7.72. The molecule has 0 atom stereocenters. The molecular formula is C25H28N4O3. The van der Waals surface area contributed by atoms with Crippen LogP contribution in [0, 0.1) is 12.8 Å². The molecule has 2 amide bonds. The van der Waals surface area contributed by atoms with Crippen LogP contribution in [0.3, 0.4) is 0 Å². The zero-order chi connectivity index (χ0) is 22.8. The summed E-state index contributed by atoms with van der Waals surface area (Å²) in [5.74, 6) is -0.322. The van der Waals surface area contributed by atoms with E-state index in [2.05, 4.69) is 10.4 Å². The third-order valence-corrected chi connectivity index (χ3v) is 5.75. The number of nitrogens with zero attached hydrogens (tertiary/aromatic N) is 3. The van der Waals surface area contributed by atoms with Gasteiger partial charge in [-0.05, 0) is 43.4 Å². The van der Waals surface area contributed by atoms with Gasteiger partial charge in [-0.2, -0.15) is 5.10 Å². The van der Waals surface area contributed by atoms with Crippen molar-refractivity contribution in [2.45, 2.75) is 40.2 Å². The molecule has 0 bridgehead atoms. The summed E-state index contributed by atoms with van der Waals surface area (Å²) in [4.78, 5) is 41.2. The zero-order valence-electron chi connectivity index (χ0n) is 18.7. The van der Waals surface area contributed by atoms with Crippen LogP contribution in [0.15, 0.2) is 47.3 Å². The number of hydrogen-bond donors (Lipinski definition) is 1. The van der Waals surface area contributed by atoms with Crippen LogP contribution in [-0.2, 0) is 6.54 Å². The predicted octanol–water partition coefficient (Wildman–Crippen LogP) is 3.85. The Morgan fingerprint density at radius 3 is 2.41 bits per heavy atom. The standard InChI is InChI=1S/C25H28N4O3/c1-16(2)15-29-24(31)19-11-5-4-10-18(19)22(27-29)23(30)26-20-12-8-9-17(3)21(20)25(32)28-13-6-7-14-28/h4-5,8-12,16H,6-7,13-15H2,1-3H3,(H,26,30). The maximum absolute atomic E-state index is 13.4. The van der Waals surface area contributed by atoms with E-state index in [1.807, 2.05) is 37.8 Å². The highest BCUT2D eigenvalue weighted by Crippen LogP contribution is 2.25. The van der Waals surface area contributed by atoms with Gasteiger partial charge in [0.2, 0.25) is 0 Å². The minimum Gasteiger partial charge on any atom is -0.339 e. The lowest BCUT2D eigenvalue weighted by molar-refractivity contribution is 0.0793. The Morgan fingerprint density at radius 1 is 1.03 bits per heavy atom. The lowest BCUT2D eigenvalue weighted by atomic mass is 10.0. The fraction of sp³-hybridized carbons (Fsp3) is 0.360. The number of carbonyl (C=O) groups excluding carboxylic acids is 2. The smallest absolute Gasteiger partial charge is 0.276 e. The molecule has 3 aromatic rings. The van der Waals surface area contributed by atoms with Gasteiger partial charge in [0.25, 0.3) is 17.4 Å². The Labute approximate surface area is 187 Å². The molecule has 4 rings (SSSR count). The number of benzene rings is 2. The molecular weight excluding hydrogens is 404 g/mol. The molecule has 0 unspecified atom stereocenters. The van der Waals surface area contributed by atoms with E-state index >= 15 is 0 Å². The molecule has 7 nitrogen and oxygen atoms in total. The molecule has 1 aliphatic rings. The molecule has 0 spiro atoms. The number of anilines is 1. The number of carbonyl (C=O) groups is 2. The Kier molecular flexibility index (Phi) is 6.08. The van der Waals surface area contributed by atoms with Crippen LogP contribution in [0.1, 0.15) is 53.1 Å². The molecule has 0 radical (unpaired) electrons. The van der Waals surface area contributed by atoms with Crippen molar-refractivity contribution in [1.29, 1.82) is 0 Å². The van der Waals surface area contributed by atoms with Gasteiger partial charge in [-0.3, -0.25) is 14.4 Å². The highest BCUT2D eigenvalue weighted by Gasteiger charge is 2.25. The van der Waals surface area contributed by atoms with E-state index in [9.17, 15) is 14.4 Å². The largest absolute Gasteiger partial charge is 0.339 e. The van der Waals surface area contributed by atoms with E-state index in [1.165, 1.54) is 4.68 Å². The highest BCUT2D eigenvalue weighted by molar-refractivity contribution is 6.13. The summed E-state index contributed by atoms with van der Waals surface area (Å²) in [6, 6.07) is 12.4. The van der Waals surface area contributed by atoms with Crippen LogP contribution in [0.5, 0.6) is 0 Å². The van der Waals surface area contributed by atoms with Crippen molar-refractivity contribution in [1.82, 2.24) is 14.7 Å². The predicted molar refractivity (Wildman–Crippen MR) is 125 cm³/mol. The van der Waals surface area contributed by atoms with Crippen molar-refractivity contribution in [3.05, 3.63) is 69.6 Å². The topological polar surface area (TPSA) is 84.3 Å². The second-order valence-corrected chi connectivity index (χ2v) is 8.73. The molecule has 0 aliphatic carbocycles. The number of fused-ring (bicyclic) bond motifs is 1. The second-order valence-electron chi connectivity index (χ2n) is 8.73. The van der Waals surface area contributed by atoms with Crippen molar-refractivity contribution in [2.24, 2.45) is 5.92 Å². The van der Waals surface area contributed by atoms with Crippen LogP contribution < -0.4 is 10.9 Å². The van der Waals surface area contributed by atoms with E-state index in [4.69, 9.17) is 0 Å². The number of aryl methyl sites for hydroxylation is 1. The molecule has 1 aromatic heterocycles. The Balaban J connectivity index is 1.75. The minimum absolute atomic E-state index is 0.0708. The summed E-state index contributed by atoms with van der Waals surface area (Å²) < 4.78 is 1.36. The number of hydrogen-bond acceptors (Lipinski definition) is 4. The third kappa shape index (κ3) is 4.15. The fourth-order valence-corrected chi connectivity index (χ4v) is 4.19. The molecule has 0 saturated carbocycles. The highest BCUT2D eigenvalue weighted by atomic mass is 16.2. The van der Waals surface area contributed by atoms with Gasteiger partial charge in [-0.25, -0.2) is 4.68 Å². The maximum atomic E-state index is 13.4. The number of amides is 2. The Morgan fingerprint density at radius 2 is 1.72 bits per heavy atom. The van der Waals surface area contributed by atoms with Crippen LogP contribution in [0.4, 0.5) is 5.69 Å². The first-order valence-corrected chi connectivity index (χ1v) is 11.1. The monoisotopic (exact) mass is 432 g/mol. The SMILES string of the molecule is Cc1cccc(NC(=O)c2nn(CC(C)C)c(=O)c3ccccc23)c1C(=O)N1CCCC1. The van der Waals surface area contributed by atoms with Gasteiger partial charge in [-0.1, -0.05) is 44.2 Å². The van der Waals surface area contributed by atoms with Gasteiger partial charge in [-0.15, -0.1) is 0 Å². The number of nitrogens with one attached hydrogen (secondary N) is 1. The maximum Gasteiger partial charge on any atom is 0.276 e. The lowest BCUT2D eigenvalue weighted by Crippen LogP contribution is -2.31. The first kappa shape index (κ1) is 21.7. The normalized spacial score (nSPS) is 13.7. The molecule has 32 heavy (non-hydrogen) atoms. The minimum atomic E-state index is -0.445. The van der Waals surface area contributed by atoms with Gasteiger partial charge in [0, 0.05) is 25.0 Å². The average Bonchev–Trinajstić information content (AvgIpc) is 3.30. The molecule has 1 aliphatic heterocycles. The Bertz CT molecular complexity index is 1240. The average molecular weight is 433 g/mol. The molecule has 2 heterocycles. The molecule has 7 heteroatoms. The summed E-state index contributed by atoms with van der Waals surface area (Å²) in [7, 11) is 0. The first-order valence-electron chi connectivity index (χ1n) is 11.1. The van der Waals surface area contributed by atoms with E-state index in [0.717, 1.165) is 31.5 Å². The van der Waals surface area contributed by atoms with Gasteiger partial charge in [0.05, 0.1) is 16.6 Å². The van der Waals surface area contributed by atoms with E-state index < -0.39 is 5.91 Å². The number of aromatic nitrogens is 2. The Hall–Kier alpha value is -3.48. The third-order valence-electron chi connectivity index (χ3n) is 5.75. The fourth-order valence-electron chi connectivity index (χ4n) is 4.19. The van der Waals surface area contributed by atoms with Gasteiger partial charge < -0.3 is 10.2 Å². The van der Waals surface area contributed by atoms with Crippen molar-refractivity contribution in [2.75, 3.05) is 18.4 Å². The second kappa shape index (κ2) is 8.94. The molecule has 1 N–H and O–H groups in total. The summed E-state index contributed by atoms with van der Waals surface area (Å²) >= 11 is 0.